The molecular weight excluding hydrogens is 224 g/mol. The Morgan fingerprint density at radius 3 is 2.17 bits per heavy atom. The molecule has 0 saturated carbocycles. The first-order chi connectivity index (χ1) is 8.79. The van der Waals surface area contributed by atoms with Crippen molar-refractivity contribution in [2.45, 2.75) is 6.42 Å². The molecule has 1 amide bonds. The lowest BCUT2D eigenvalue weighted by Gasteiger charge is -2.06. The van der Waals surface area contributed by atoms with Crippen molar-refractivity contribution in [1.29, 1.82) is 0 Å². The van der Waals surface area contributed by atoms with Crippen molar-refractivity contribution >= 4 is 11.6 Å². The summed E-state index contributed by atoms with van der Waals surface area (Å²) in [7, 11) is 0. The lowest BCUT2D eigenvalue weighted by Crippen LogP contribution is -2.13. The summed E-state index contributed by atoms with van der Waals surface area (Å²) < 4.78 is 0. The molecule has 0 fully saturated rings. The number of benzene rings is 2. The average Bonchev–Trinajstić information content (AvgIpc) is 2.41. The lowest BCUT2D eigenvalue weighted by atomic mass is 10.1. The fraction of sp³-hybridized carbons (Fsp3) is 0.133. The molecule has 2 N–H and O–H groups in total. The Morgan fingerprint density at radius 2 is 1.56 bits per heavy atom. The minimum atomic E-state index is -0.113. The van der Waals surface area contributed by atoms with E-state index in [1.807, 2.05) is 54.6 Å². The largest absolute Gasteiger partial charge is 0.326 e. The second-order valence-electron chi connectivity index (χ2n) is 3.99. The molecule has 0 aliphatic rings. The van der Waals surface area contributed by atoms with Crippen LogP contribution in [-0.2, 0) is 4.79 Å². The first-order valence-electron chi connectivity index (χ1n) is 5.89. The van der Waals surface area contributed by atoms with Crippen LogP contribution in [0.4, 0.5) is 5.69 Å². The van der Waals surface area contributed by atoms with E-state index in [0.717, 1.165) is 16.8 Å². The highest BCUT2D eigenvalue weighted by Gasteiger charge is 2.01. The number of carbonyl (C=O) groups is 1. The Balaban J connectivity index is 2.09. The predicted molar refractivity (Wildman–Crippen MR) is 73.1 cm³/mol. The molecule has 18 heavy (non-hydrogen) atoms. The maximum absolute atomic E-state index is 11.3. The third-order valence-corrected chi connectivity index (χ3v) is 2.63. The minimum absolute atomic E-state index is 0.113. The molecule has 2 aromatic rings. The number of rotatable bonds is 4. The Morgan fingerprint density at radius 1 is 0.944 bits per heavy atom. The van der Waals surface area contributed by atoms with E-state index in [9.17, 15) is 4.79 Å². The summed E-state index contributed by atoms with van der Waals surface area (Å²) in [6.45, 7) is 0.119. The highest BCUT2D eigenvalue weighted by Crippen LogP contribution is 2.20. The Kier molecular flexibility index (Phi) is 4.10. The van der Waals surface area contributed by atoms with E-state index >= 15 is 0 Å². The van der Waals surface area contributed by atoms with E-state index in [1.54, 1.807) is 0 Å². The number of carbonyl (C=O) groups excluding carboxylic acids is 1. The van der Waals surface area contributed by atoms with Crippen molar-refractivity contribution in [3.63, 3.8) is 0 Å². The Hall–Kier alpha value is -2.13. The molecule has 2 rings (SSSR count). The van der Waals surface area contributed by atoms with Crippen molar-refractivity contribution < 1.29 is 4.79 Å². The molecule has 2 aromatic carbocycles. The number of hydrogen-bond donors (Lipinski definition) is 1. The number of amides is 1. The van der Waals surface area contributed by atoms with Gasteiger partial charge in [0, 0.05) is 18.7 Å². The van der Waals surface area contributed by atoms with Gasteiger partial charge in [-0.15, -0.1) is 0 Å². The van der Waals surface area contributed by atoms with Gasteiger partial charge >= 0.3 is 0 Å². The SMILES string of the molecule is [NH]CCC(=O)Nc1ccc(-c2ccccc2)cc1. The summed E-state index contributed by atoms with van der Waals surface area (Å²) in [4.78, 5) is 11.3. The quantitative estimate of drug-likeness (QED) is 0.876. The third-order valence-electron chi connectivity index (χ3n) is 2.63. The number of hydrogen-bond acceptors (Lipinski definition) is 1. The van der Waals surface area contributed by atoms with E-state index in [4.69, 9.17) is 5.73 Å². The maximum Gasteiger partial charge on any atom is 0.225 e. The van der Waals surface area contributed by atoms with Gasteiger partial charge < -0.3 is 5.32 Å². The van der Waals surface area contributed by atoms with Crippen LogP contribution < -0.4 is 11.1 Å². The van der Waals surface area contributed by atoms with Crippen molar-refractivity contribution in [3.05, 3.63) is 54.6 Å². The van der Waals surface area contributed by atoms with Crippen molar-refractivity contribution in [2.24, 2.45) is 0 Å². The molecule has 0 aliphatic carbocycles. The highest BCUT2D eigenvalue weighted by molar-refractivity contribution is 5.91. The highest BCUT2D eigenvalue weighted by atomic mass is 16.1. The van der Waals surface area contributed by atoms with Crippen LogP contribution in [0.2, 0.25) is 0 Å². The second-order valence-corrected chi connectivity index (χ2v) is 3.99. The monoisotopic (exact) mass is 239 g/mol. The molecule has 0 aliphatic heterocycles. The van der Waals surface area contributed by atoms with Crippen LogP contribution >= 0.6 is 0 Å². The molecule has 3 nitrogen and oxygen atoms in total. The van der Waals surface area contributed by atoms with Gasteiger partial charge in [0.25, 0.3) is 0 Å². The Bertz CT molecular complexity index is 506. The van der Waals surface area contributed by atoms with Crippen LogP contribution in [0.1, 0.15) is 6.42 Å². The molecule has 0 spiro atoms. The molecule has 91 valence electrons. The van der Waals surface area contributed by atoms with Gasteiger partial charge in [-0.1, -0.05) is 42.5 Å². The van der Waals surface area contributed by atoms with Gasteiger partial charge in [-0.05, 0) is 23.3 Å². The molecule has 0 aromatic heterocycles. The summed E-state index contributed by atoms with van der Waals surface area (Å²) in [5, 5.41) is 2.76. The molecule has 0 unspecified atom stereocenters. The second kappa shape index (κ2) is 5.98. The van der Waals surface area contributed by atoms with Gasteiger partial charge in [-0.2, -0.15) is 0 Å². The molecule has 3 heteroatoms. The van der Waals surface area contributed by atoms with Gasteiger partial charge in [0.05, 0.1) is 0 Å². The van der Waals surface area contributed by atoms with Gasteiger partial charge in [-0.3, -0.25) is 10.5 Å². The summed E-state index contributed by atoms with van der Waals surface area (Å²) in [6.07, 6.45) is 0.237. The van der Waals surface area contributed by atoms with E-state index in [1.165, 1.54) is 0 Å². The lowest BCUT2D eigenvalue weighted by molar-refractivity contribution is -0.116. The van der Waals surface area contributed by atoms with E-state index < -0.39 is 0 Å². The van der Waals surface area contributed by atoms with Crippen LogP contribution in [0.3, 0.4) is 0 Å². The maximum atomic E-state index is 11.3. The predicted octanol–water partition coefficient (Wildman–Crippen LogP) is 2.97. The molecule has 0 bridgehead atoms. The fourth-order valence-electron chi connectivity index (χ4n) is 1.71. The van der Waals surface area contributed by atoms with Gasteiger partial charge in [0.15, 0.2) is 0 Å². The van der Waals surface area contributed by atoms with Gasteiger partial charge in [-0.25, -0.2) is 0 Å². The summed E-state index contributed by atoms with van der Waals surface area (Å²) in [5.74, 6) is -0.113. The zero-order chi connectivity index (χ0) is 12.8. The van der Waals surface area contributed by atoms with Crippen molar-refractivity contribution in [1.82, 2.24) is 5.73 Å². The first kappa shape index (κ1) is 12.3. The standard InChI is InChI=1S/C15H15N2O/c16-11-10-15(18)17-14-8-6-13(7-9-14)12-4-2-1-3-5-12/h1-9,16H,10-11H2,(H,17,18). The zero-order valence-electron chi connectivity index (χ0n) is 10.0. The molecular formula is C15H15N2O. The normalized spacial score (nSPS) is 10.1. The molecule has 0 saturated heterocycles. The van der Waals surface area contributed by atoms with Crippen molar-refractivity contribution in [3.8, 4) is 11.1 Å². The first-order valence-corrected chi connectivity index (χ1v) is 5.89. The van der Waals surface area contributed by atoms with Crippen LogP contribution in [0.5, 0.6) is 0 Å². The molecule has 0 atom stereocenters. The van der Waals surface area contributed by atoms with Crippen LogP contribution in [-0.4, -0.2) is 12.5 Å². The van der Waals surface area contributed by atoms with Crippen LogP contribution in [0.15, 0.2) is 54.6 Å². The van der Waals surface area contributed by atoms with Gasteiger partial charge in [0.1, 0.15) is 0 Å². The van der Waals surface area contributed by atoms with E-state index in [2.05, 4.69) is 5.32 Å². The topological polar surface area (TPSA) is 52.9 Å². The van der Waals surface area contributed by atoms with Gasteiger partial charge in [0.2, 0.25) is 5.91 Å². The number of anilines is 1. The molecule has 1 radical (unpaired) electrons. The zero-order valence-corrected chi connectivity index (χ0v) is 10.0. The van der Waals surface area contributed by atoms with E-state index in [-0.39, 0.29) is 18.9 Å². The number of nitrogens with one attached hydrogen (secondary N) is 2. The smallest absolute Gasteiger partial charge is 0.225 e. The summed E-state index contributed by atoms with van der Waals surface area (Å²) in [5.41, 5.74) is 10.0. The Labute approximate surface area is 107 Å². The van der Waals surface area contributed by atoms with Crippen molar-refractivity contribution in [2.75, 3.05) is 11.9 Å². The van der Waals surface area contributed by atoms with E-state index in [0.29, 0.717) is 0 Å². The minimum Gasteiger partial charge on any atom is -0.326 e. The van der Waals surface area contributed by atoms with Crippen LogP contribution in [0, 0.1) is 0 Å². The summed E-state index contributed by atoms with van der Waals surface area (Å²) in [6, 6.07) is 17.8. The summed E-state index contributed by atoms with van der Waals surface area (Å²) >= 11 is 0. The fourth-order valence-corrected chi connectivity index (χ4v) is 1.71. The average molecular weight is 239 g/mol. The van der Waals surface area contributed by atoms with Crippen LogP contribution in [0.25, 0.3) is 11.1 Å². The third kappa shape index (κ3) is 3.18. The molecule has 0 heterocycles.